The van der Waals surface area contributed by atoms with Crippen LogP contribution in [0.4, 0.5) is 4.39 Å². The first kappa shape index (κ1) is 16.9. The van der Waals surface area contributed by atoms with Crippen LogP contribution in [0.25, 0.3) is 0 Å². The third-order valence-corrected chi connectivity index (χ3v) is 4.23. The fraction of sp³-hybridized carbons (Fsp3) is 0.588. The molecule has 1 fully saturated rings. The predicted molar refractivity (Wildman–Crippen MR) is 83.7 cm³/mol. The molecule has 22 heavy (non-hydrogen) atoms. The first-order chi connectivity index (χ1) is 10.5. The van der Waals surface area contributed by atoms with E-state index in [4.69, 9.17) is 5.26 Å². The van der Waals surface area contributed by atoms with Crippen molar-refractivity contribution in [3.8, 4) is 6.07 Å². The van der Waals surface area contributed by atoms with E-state index in [0.29, 0.717) is 30.3 Å². The van der Waals surface area contributed by atoms with Crippen LogP contribution in [0.5, 0.6) is 0 Å². The van der Waals surface area contributed by atoms with Crippen LogP contribution in [0.15, 0.2) is 18.2 Å². The molecule has 1 aromatic carbocycles. The maximum absolute atomic E-state index is 13.9. The van der Waals surface area contributed by atoms with Crippen molar-refractivity contribution < 1.29 is 9.50 Å². The van der Waals surface area contributed by atoms with Crippen LogP contribution in [-0.2, 0) is 6.54 Å². The van der Waals surface area contributed by atoms with E-state index in [-0.39, 0.29) is 11.9 Å². The number of benzene rings is 1. The molecule has 2 rings (SSSR count). The number of aliphatic hydroxyl groups excluding tert-OH is 1. The van der Waals surface area contributed by atoms with Crippen molar-refractivity contribution in [2.45, 2.75) is 39.0 Å². The van der Waals surface area contributed by atoms with Crippen molar-refractivity contribution in [1.82, 2.24) is 9.80 Å². The molecular weight excluding hydrogens is 281 g/mol. The molecule has 2 unspecified atom stereocenters. The van der Waals surface area contributed by atoms with Gasteiger partial charge in [-0.2, -0.15) is 5.26 Å². The van der Waals surface area contributed by atoms with Gasteiger partial charge in [0.25, 0.3) is 0 Å². The molecule has 0 aromatic heterocycles. The van der Waals surface area contributed by atoms with Crippen molar-refractivity contribution in [3.05, 3.63) is 35.1 Å². The van der Waals surface area contributed by atoms with E-state index in [0.717, 1.165) is 26.1 Å². The van der Waals surface area contributed by atoms with Gasteiger partial charge in [0.1, 0.15) is 5.82 Å². The number of piperazine rings is 1. The molecule has 1 aliphatic heterocycles. The summed E-state index contributed by atoms with van der Waals surface area (Å²) in [5, 5.41) is 18.5. The predicted octanol–water partition coefficient (Wildman–Crippen LogP) is 1.97. The molecule has 1 saturated heterocycles. The normalized spacial score (nSPS) is 21.5. The van der Waals surface area contributed by atoms with Crippen LogP contribution in [-0.4, -0.2) is 53.2 Å². The minimum atomic E-state index is -0.328. The standard InChI is InChI=1S/C17H24FN3O/c1-3-16-12-20(6-7-21(16)10-13(2)22)11-15-8-14(9-19)4-5-17(15)18/h4-5,8,13,16,22H,3,6-7,10-12H2,1-2H3. The number of nitriles is 1. The van der Waals surface area contributed by atoms with Gasteiger partial charge in [0.2, 0.25) is 0 Å². The summed E-state index contributed by atoms with van der Waals surface area (Å²) >= 11 is 0. The molecule has 1 aromatic rings. The van der Waals surface area contributed by atoms with Gasteiger partial charge in [-0.25, -0.2) is 4.39 Å². The number of hydrogen-bond donors (Lipinski definition) is 1. The van der Waals surface area contributed by atoms with Gasteiger partial charge in [-0.3, -0.25) is 9.80 Å². The molecule has 0 spiro atoms. The highest BCUT2D eigenvalue weighted by Crippen LogP contribution is 2.18. The van der Waals surface area contributed by atoms with Gasteiger partial charge in [-0.15, -0.1) is 0 Å². The van der Waals surface area contributed by atoms with Crippen LogP contribution in [0, 0.1) is 17.1 Å². The smallest absolute Gasteiger partial charge is 0.127 e. The second kappa shape index (κ2) is 7.68. The van der Waals surface area contributed by atoms with Gasteiger partial charge in [0.15, 0.2) is 0 Å². The summed E-state index contributed by atoms with van der Waals surface area (Å²) in [6, 6.07) is 6.95. The minimum Gasteiger partial charge on any atom is -0.392 e. The quantitative estimate of drug-likeness (QED) is 0.904. The van der Waals surface area contributed by atoms with Crippen LogP contribution in [0.3, 0.4) is 0 Å². The molecular formula is C17H24FN3O. The third-order valence-electron chi connectivity index (χ3n) is 4.23. The molecule has 1 aliphatic rings. The molecule has 0 radical (unpaired) electrons. The second-order valence-electron chi connectivity index (χ2n) is 6.06. The van der Waals surface area contributed by atoms with Crippen LogP contribution in [0.1, 0.15) is 31.4 Å². The van der Waals surface area contributed by atoms with E-state index in [1.165, 1.54) is 12.1 Å². The van der Waals surface area contributed by atoms with E-state index >= 15 is 0 Å². The van der Waals surface area contributed by atoms with Gasteiger partial charge in [-0.05, 0) is 31.5 Å². The molecule has 1 heterocycles. The lowest BCUT2D eigenvalue weighted by molar-refractivity contribution is 0.0334. The fourth-order valence-electron chi connectivity index (χ4n) is 3.07. The van der Waals surface area contributed by atoms with E-state index in [1.807, 2.05) is 6.92 Å². The number of hydrogen-bond acceptors (Lipinski definition) is 4. The van der Waals surface area contributed by atoms with Crippen LogP contribution in [0.2, 0.25) is 0 Å². The first-order valence-electron chi connectivity index (χ1n) is 7.86. The number of halogens is 1. The number of β-amino-alcohol motifs (C(OH)–C–C–N with tert-alkyl or cyclic N) is 1. The summed E-state index contributed by atoms with van der Waals surface area (Å²) in [4.78, 5) is 4.54. The summed E-state index contributed by atoms with van der Waals surface area (Å²) in [5.74, 6) is -0.251. The molecule has 0 saturated carbocycles. The average molecular weight is 305 g/mol. The van der Waals surface area contributed by atoms with Crippen LogP contribution >= 0.6 is 0 Å². The van der Waals surface area contributed by atoms with E-state index < -0.39 is 0 Å². The lowest BCUT2D eigenvalue weighted by atomic mass is 10.1. The Morgan fingerprint density at radius 1 is 1.45 bits per heavy atom. The highest BCUT2D eigenvalue weighted by Gasteiger charge is 2.26. The molecule has 1 N–H and O–H groups in total. The average Bonchev–Trinajstić information content (AvgIpc) is 2.50. The monoisotopic (exact) mass is 305 g/mol. The SMILES string of the molecule is CCC1CN(Cc2cc(C#N)ccc2F)CCN1CC(C)O. The first-order valence-corrected chi connectivity index (χ1v) is 7.86. The Morgan fingerprint density at radius 3 is 2.86 bits per heavy atom. The summed E-state index contributed by atoms with van der Waals surface area (Å²) in [6.07, 6.45) is 0.676. The third kappa shape index (κ3) is 4.26. The van der Waals surface area contributed by atoms with Crippen molar-refractivity contribution in [3.63, 3.8) is 0 Å². The molecule has 5 heteroatoms. The highest BCUT2D eigenvalue weighted by atomic mass is 19.1. The van der Waals surface area contributed by atoms with Gasteiger partial charge in [0.05, 0.1) is 17.7 Å². The van der Waals surface area contributed by atoms with Gasteiger partial charge in [0, 0.05) is 44.3 Å². The molecule has 0 aliphatic carbocycles. The van der Waals surface area contributed by atoms with Crippen molar-refractivity contribution >= 4 is 0 Å². The van der Waals surface area contributed by atoms with Crippen molar-refractivity contribution in [2.75, 3.05) is 26.2 Å². The Bertz CT molecular complexity index is 541. The second-order valence-corrected chi connectivity index (χ2v) is 6.06. The molecule has 4 nitrogen and oxygen atoms in total. The van der Waals surface area contributed by atoms with E-state index in [1.54, 1.807) is 6.07 Å². The Hall–Kier alpha value is -1.48. The zero-order valence-corrected chi connectivity index (χ0v) is 13.3. The largest absolute Gasteiger partial charge is 0.392 e. The van der Waals surface area contributed by atoms with E-state index in [9.17, 15) is 9.50 Å². The van der Waals surface area contributed by atoms with Gasteiger partial charge < -0.3 is 5.11 Å². The Labute approximate surface area is 131 Å². The van der Waals surface area contributed by atoms with Crippen LogP contribution < -0.4 is 0 Å². The number of nitrogens with zero attached hydrogens (tertiary/aromatic N) is 3. The number of rotatable bonds is 5. The molecule has 0 amide bonds. The molecule has 0 bridgehead atoms. The summed E-state index contributed by atoms with van der Waals surface area (Å²) in [7, 11) is 0. The topological polar surface area (TPSA) is 50.5 Å². The Morgan fingerprint density at radius 2 is 2.23 bits per heavy atom. The summed E-state index contributed by atoms with van der Waals surface area (Å²) < 4.78 is 13.9. The van der Waals surface area contributed by atoms with Gasteiger partial charge >= 0.3 is 0 Å². The van der Waals surface area contributed by atoms with Gasteiger partial charge in [-0.1, -0.05) is 6.92 Å². The van der Waals surface area contributed by atoms with Crippen molar-refractivity contribution in [1.29, 1.82) is 5.26 Å². The minimum absolute atomic E-state index is 0.251. The zero-order valence-electron chi connectivity index (χ0n) is 13.3. The summed E-state index contributed by atoms with van der Waals surface area (Å²) in [6.45, 7) is 7.74. The maximum atomic E-state index is 13.9. The summed E-state index contributed by atoms with van der Waals surface area (Å²) in [5.41, 5.74) is 1.08. The Kier molecular flexibility index (Phi) is 5.90. The fourth-order valence-corrected chi connectivity index (χ4v) is 3.07. The lowest BCUT2D eigenvalue weighted by Gasteiger charge is -2.41. The highest BCUT2D eigenvalue weighted by molar-refractivity contribution is 5.33. The molecule has 120 valence electrons. The zero-order chi connectivity index (χ0) is 16.1. The van der Waals surface area contributed by atoms with E-state index in [2.05, 4.69) is 22.8 Å². The van der Waals surface area contributed by atoms with Crippen molar-refractivity contribution in [2.24, 2.45) is 0 Å². The molecule has 2 atom stereocenters. The number of aliphatic hydroxyl groups is 1. The Balaban J connectivity index is 2.02. The lowest BCUT2D eigenvalue weighted by Crippen LogP contribution is -2.54. The maximum Gasteiger partial charge on any atom is 0.127 e.